The SMILES string of the molecule is CCCC(=O)NC(CCC)C[C@H]1CCC2=C1[C@@H](C)c1cnn(-c3ccc(F)cc3)c1C2. The lowest BCUT2D eigenvalue weighted by Crippen LogP contribution is -2.36. The van der Waals surface area contributed by atoms with Crippen LogP contribution in [0.15, 0.2) is 41.6 Å². The van der Waals surface area contributed by atoms with Gasteiger partial charge in [-0.15, -0.1) is 0 Å². The maximum Gasteiger partial charge on any atom is 0.220 e. The Kier molecular flexibility index (Phi) is 6.59. The summed E-state index contributed by atoms with van der Waals surface area (Å²) in [6.07, 6.45) is 9.87. The second-order valence-corrected chi connectivity index (χ2v) is 9.17. The van der Waals surface area contributed by atoms with Crippen molar-refractivity contribution < 1.29 is 9.18 Å². The number of benzene rings is 1. The molecule has 0 bridgehead atoms. The van der Waals surface area contributed by atoms with Gasteiger partial charge in [0.15, 0.2) is 0 Å². The Morgan fingerprint density at radius 2 is 2.03 bits per heavy atom. The maximum atomic E-state index is 13.4. The molecular formula is C26H34FN3O. The van der Waals surface area contributed by atoms with Crippen LogP contribution < -0.4 is 5.32 Å². The maximum absolute atomic E-state index is 13.4. The molecule has 0 radical (unpaired) electrons. The lowest BCUT2D eigenvalue weighted by Gasteiger charge is -2.29. The summed E-state index contributed by atoms with van der Waals surface area (Å²) in [5, 5.41) is 7.96. The van der Waals surface area contributed by atoms with Crippen molar-refractivity contribution in [2.45, 2.75) is 84.1 Å². The van der Waals surface area contributed by atoms with Gasteiger partial charge >= 0.3 is 0 Å². The number of nitrogens with one attached hydrogen (secondary N) is 1. The van der Waals surface area contributed by atoms with Crippen molar-refractivity contribution in [1.29, 1.82) is 0 Å². The molecule has 1 heterocycles. The number of carbonyl (C=O) groups excluding carboxylic acids is 1. The summed E-state index contributed by atoms with van der Waals surface area (Å²) >= 11 is 0. The molecule has 2 aromatic rings. The van der Waals surface area contributed by atoms with Gasteiger partial charge in [0, 0.05) is 30.4 Å². The Balaban J connectivity index is 1.54. The zero-order valence-corrected chi connectivity index (χ0v) is 19.0. The molecule has 31 heavy (non-hydrogen) atoms. The van der Waals surface area contributed by atoms with Gasteiger partial charge in [-0.1, -0.05) is 38.3 Å². The monoisotopic (exact) mass is 423 g/mol. The number of nitrogens with zero attached hydrogens (tertiary/aromatic N) is 2. The Hall–Kier alpha value is -2.43. The standard InChI is InChI=1S/C26H34FN3O/c1-4-6-21(29-25(31)7-5-2)14-18-8-9-19-15-24-23(17(3)26(18)19)16-28-30(24)22-12-10-20(27)11-13-22/h10-13,16-18,21H,4-9,14-15H2,1-3H3,(H,29,31)/t17-,18+,21?/m0/s1. The molecule has 5 heteroatoms. The van der Waals surface area contributed by atoms with Gasteiger partial charge in [-0.2, -0.15) is 5.10 Å². The molecule has 0 spiro atoms. The van der Waals surface area contributed by atoms with Gasteiger partial charge in [-0.25, -0.2) is 9.07 Å². The number of carbonyl (C=O) groups is 1. The van der Waals surface area contributed by atoms with E-state index in [1.54, 1.807) is 23.3 Å². The van der Waals surface area contributed by atoms with E-state index in [2.05, 4.69) is 31.2 Å². The highest BCUT2D eigenvalue weighted by Gasteiger charge is 2.37. The zero-order chi connectivity index (χ0) is 22.0. The van der Waals surface area contributed by atoms with Gasteiger partial charge in [0.2, 0.25) is 5.91 Å². The van der Waals surface area contributed by atoms with Gasteiger partial charge in [-0.3, -0.25) is 4.79 Å². The number of halogens is 1. The van der Waals surface area contributed by atoms with Crippen molar-refractivity contribution in [1.82, 2.24) is 15.1 Å². The van der Waals surface area contributed by atoms with E-state index in [0.717, 1.165) is 44.2 Å². The summed E-state index contributed by atoms with van der Waals surface area (Å²) in [7, 11) is 0. The Morgan fingerprint density at radius 1 is 1.26 bits per heavy atom. The molecule has 0 fully saturated rings. The molecule has 4 nitrogen and oxygen atoms in total. The number of allylic oxidation sites excluding steroid dienone is 2. The quantitative estimate of drug-likeness (QED) is 0.541. The molecular weight excluding hydrogens is 389 g/mol. The van der Waals surface area contributed by atoms with E-state index in [9.17, 15) is 9.18 Å². The number of hydrogen-bond donors (Lipinski definition) is 1. The Morgan fingerprint density at radius 3 is 2.74 bits per heavy atom. The van der Waals surface area contributed by atoms with Crippen LogP contribution in [0.2, 0.25) is 0 Å². The largest absolute Gasteiger partial charge is 0.353 e. The molecule has 166 valence electrons. The first kappa shape index (κ1) is 21.8. The minimum atomic E-state index is -0.227. The first-order chi connectivity index (χ1) is 15.0. The fraction of sp³-hybridized carbons (Fsp3) is 0.538. The predicted molar refractivity (Wildman–Crippen MR) is 122 cm³/mol. The van der Waals surface area contributed by atoms with Gasteiger partial charge in [-0.05, 0) is 62.3 Å². The molecule has 3 atom stereocenters. The van der Waals surface area contributed by atoms with Gasteiger partial charge in [0.05, 0.1) is 17.6 Å². The van der Waals surface area contributed by atoms with E-state index in [0.29, 0.717) is 18.3 Å². The molecule has 2 aliphatic rings. The predicted octanol–water partition coefficient (Wildman–Crippen LogP) is 5.85. The van der Waals surface area contributed by atoms with Crippen molar-refractivity contribution in [2.75, 3.05) is 0 Å². The van der Waals surface area contributed by atoms with Crippen LogP contribution in [0.4, 0.5) is 4.39 Å². The number of amides is 1. The van der Waals surface area contributed by atoms with Gasteiger partial charge in [0.1, 0.15) is 5.82 Å². The Bertz CT molecular complexity index is 960. The minimum absolute atomic E-state index is 0.188. The molecule has 1 unspecified atom stereocenters. The lowest BCUT2D eigenvalue weighted by atomic mass is 9.78. The summed E-state index contributed by atoms with van der Waals surface area (Å²) < 4.78 is 15.3. The van der Waals surface area contributed by atoms with E-state index in [4.69, 9.17) is 0 Å². The third kappa shape index (κ3) is 4.46. The van der Waals surface area contributed by atoms with Crippen molar-refractivity contribution >= 4 is 5.91 Å². The van der Waals surface area contributed by atoms with E-state index in [-0.39, 0.29) is 17.8 Å². The van der Waals surface area contributed by atoms with Crippen LogP contribution in [0.3, 0.4) is 0 Å². The fourth-order valence-corrected chi connectivity index (χ4v) is 5.60. The molecule has 1 N–H and O–H groups in total. The van der Waals surface area contributed by atoms with Crippen LogP contribution in [0, 0.1) is 11.7 Å². The van der Waals surface area contributed by atoms with E-state index < -0.39 is 0 Å². The third-order valence-electron chi connectivity index (χ3n) is 6.98. The third-order valence-corrected chi connectivity index (χ3v) is 6.98. The molecule has 2 aliphatic carbocycles. The lowest BCUT2D eigenvalue weighted by molar-refractivity contribution is -0.122. The smallest absolute Gasteiger partial charge is 0.220 e. The van der Waals surface area contributed by atoms with Crippen molar-refractivity contribution in [3.8, 4) is 5.69 Å². The van der Waals surface area contributed by atoms with E-state index in [1.165, 1.54) is 29.8 Å². The van der Waals surface area contributed by atoms with Crippen molar-refractivity contribution in [3.05, 3.63) is 58.7 Å². The molecule has 0 aliphatic heterocycles. The second kappa shape index (κ2) is 9.37. The molecule has 4 rings (SSSR count). The summed E-state index contributed by atoms with van der Waals surface area (Å²) in [5.41, 5.74) is 6.56. The van der Waals surface area contributed by atoms with Crippen molar-refractivity contribution in [3.63, 3.8) is 0 Å². The first-order valence-corrected chi connectivity index (χ1v) is 11.9. The average molecular weight is 424 g/mol. The summed E-state index contributed by atoms with van der Waals surface area (Å²) in [6, 6.07) is 6.84. The van der Waals surface area contributed by atoms with E-state index in [1.807, 2.05) is 10.9 Å². The topological polar surface area (TPSA) is 46.9 Å². The highest BCUT2D eigenvalue weighted by molar-refractivity contribution is 5.76. The first-order valence-electron chi connectivity index (χ1n) is 11.9. The number of hydrogen-bond acceptors (Lipinski definition) is 2. The summed E-state index contributed by atoms with van der Waals surface area (Å²) in [4.78, 5) is 12.2. The van der Waals surface area contributed by atoms with Crippen LogP contribution >= 0.6 is 0 Å². The summed E-state index contributed by atoms with van der Waals surface area (Å²) in [5.74, 6) is 0.835. The van der Waals surface area contributed by atoms with Crippen LogP contribution in [0.5, 0.6) is 0 Å². The van der Waals surface area contributed by atoms with Gasteiger partial charge < -0.3 is 5.32 Å². The normalized spacial score (nSPS) is 21.0. The highest BCUT2D eigenvalue weighted by atomic mass is 19.1. The Labute approximate surface area is 184 Å². The number of fused-ring (bicyclic) bond motifs is 1. The second-order valence-electron chi connectivity index (χ2n) is 9.17. The number of rotatable bonds is 8. The minimum Gasteiger partial charge on any atom is -0.353 e. The van der Waals surface area contributed by atoms with Crippen molar-refractivity contribution in [2.24, 2.45) is 5.92 Å². The van der Waals surface area contributed by atoms with Crippen LogP contribution in [-0.2, 0) is 11.2 Å². The molecule has 0 saturated heterocycles. The zero-order valence-electron chi connectivity index (χ0n) is 19.0. The highest BCUT2D eigenvalue weighted by Crippen LogP contribution is 2.48. The van der Waals surface area contributed by atoms with Crippen LogP contribution in [-0.4, -0.2) is 21.7 Å². The average Bonchev–Trinajstić information content (AvgIpc) is 3.34. The van der Waals surface area contributed by atoms with E-state index >= 15 is 0 Å². The number of aromatic nitrogens is 2. The van der Waals surface area contributed by atoms with Gasteiger partial charge in [0.25, 0.3) is 0 Å². The molecule has 1 amide bonds. The van der Waals surface area contributed by atoms with Crippen LogP contribution in [0.1, 0.15) is 82.9 Å². The fourth-order valence-electron chi connectivity index (χ4n) is 5.60. The molecule has 0 saturated carbocycles. The summed E-state index contributed by atoms with van der Waals surface area (Å²) in [6.45, 7) is 6.54. The molecule has 1 aromatic heterocycles. The molecule has 1 aromatic carbocycles. The van der Waals surface area contributed by atoms with Crippen LogP contribution in [0.25, 0.3) is 5.69 Å².